The Bertz CT molecular complexity index is 696. The number of carbonyl (C=O) groups is 1. The minimum atomic E-state index is 0.250. The summed E-state index contributed by atoms with van der Waals surface area (Å²) in [4.78, 5) is 21.8. The number of carbonyl (C=O) groups excluding carboxylic acids is 1. The molecule has 6 nitrogen and oxygen atoms in total. The van der Waals surface area contributed by atoms with Gasteiger partial charge in [-0.25, -0.2) is 4.99 Å². The second kappa shape index (κ2) is 12.7. The third kappa shape index (κ3) is 7.84. The summed E-state index contributed by atoms with van der Waals surface area (Å²) in [5.41, 5.74) is 2.59. The third-order valence-electron chi connectivity index (χ3n) is 6.40. The van der Waals surface area contributed by atoms with Crippen LogP contribution in [0.1, 0.15) is 69.9 Å². The maximum Gasteiger partial charge on any atom is 0.224 e. The van der Waals surface area contributed by atoms with Gasteiger partial charge < -0.3 is 15.5 Å². The zero-order valence-electron chi connectivity index (χ0n) is 19.5. The minimum absolute atomic E-state index is 0.250. The first-order chi connectivity index (χ1) is 15.2. The predicted octanol–water partition coefficient (Wildman–Crippen LogP) is 3.52. The van der Waals surface area contributed by atoms with Crippen LogP contribution in [0.3, 0.4) is 0 Å². The van der Waals surface area contributed by atoms with E-state index in [4.69, 9.17) is 4.99 Å². The Balaban J connectivity index is 1.44. The molecule has 0 spiro atoms. The molecule has 3 rings (SSSR count). The number of hydrogen-bond acceptors (Lipinski definition) is 3. The summed E-state index contributed by atoms with van der Waals surface area (Å²) in [6.45, 7) is 10.7. The average Bonchev–Trinajstić information content (AvgIpc) is 2.79. The Morgan fingerprint density at radius 3 is 2.42 bits per heavy atom. The maximum atomic E-state index is 12.5. The molecular formula is C25H41N5O. The van der Waals surface area contributed by atoms with Crippen molar-refractivity contribution < 1.29 is 4.79 Å². The van der Waals surface area contributed by atoms with Gasteiger partial charge >= 0.3 is 0 Å². The van der Waals surface area contributed by atoms with Crippen LogP contribution in [0.15, 0.2) is 29.3 Å². The molecule has 0 aromatic heterocycles. The summed E-state index contributed by atoms with van der Waals surface area (Å²) in [6, 6.07) is 9.22. The molecule has 6 heteroatoms. The van der Waals surface area contributed by atoms with E-state index in [1.54, 1.807) is 0 Å². The maximum absolute atomic E-state index is 12.5. The number of piperidine rings is 2. The average molecular weight is 428 g/mol. The molecular weight excluding hydrogens is 386 g/mol. The van der Waals surface area contributed by atoms with E-state index in [2.05, 4.69) is 53.6 Å². The van der Waals surface area contributed by atoms with Crippen LogP contribution >= 0.6 is 0 Å². The lowest BCUT2D eigenvalue weighted by atomic mass is 10.0. The summed E-state index contributed by atoms with van der Waals surface area (Å²) in [5, 5.41) is 6.61. The highest BCUT2D eigenvalue weighted by Gasteiger charge is 2.22. The van der Waals surface area contributed by atoms with Gasteiger partial charge in [0, 0.05) is 38.6 Å². The first kappa shape index (κ1) is 23.6. The number of amides is 1. The van der Waals surface area contributed by atoms with Gasteiger partial charge in [0.1, 0.15) is 0 Å². The van der Waals surface area contributed by atoms with Crippen molar-refractivity contribution in [1.29, 1.82) is 0 Å². The van der Waals surface area contributed by atoms with Crippen LogP contribution in [0.4, 0.5) is 0 Å². The van der Waals surface area contributed by atoms with Gasteiger partial charge in [-0.05, 0) is 70.2 Å². The molecule has 2 N–H and O–H groups in total. The lowest BCUT2D eigenvalue weighted by molar-refractivity contribution is -0.134. The molecule has 2 fully saturated rings. The fraction of sp³-hybridized carbons (Fsp3) is 0.680. The topological polar surface area (TPSA) is 60.0 Å². The third-order valence-corrected chi connectivity index (χ3v) is 6.40. The van der Waals surface area contributed by atoms with Gasteiger partial charge in [-0.3, -0.25) is 9.69 Å². The lowest BCUT2D eigenvalue weighted by Gasteiger charge is -2.33. The Labute approximate surface area is 188 Å². The van der Waals surface area contributed by atoms with Crippen LogP contribution in [0.2, 0.25) is 0 Å². The Kier molecular flexibility index (Phi) is 9.66. The van der Waals surface area contributed by atoms with Crippen molar-refractivity contribution >= 4 is 11.9 Å². The molecule has 172 valence electrons. The Hall–Kier alpha value is -2.08. The molecule has 1 amide bonds. The highest BCUT2D eigenvalue weighted by molar-refractivity contribution is 5.81. The van der Waals surface area contributed by atoms with Gasteiger partial charge in [0.2, 0.25) is 5.91 Å². The highest BCUT2D eigenvalue weighted by Crippen LogP contribution is 2.17. The number of nitrogens with zero attached hydrogens (tertiary/aromatic N) is 3. The summed E-state index contributed by atoms with van der Waals surface area (Å²) in [7, 11) is 0. The first-order valence-corrected chi connectivity index (χ1v) is 12.3. The summed E-state index contributed by atoms with van der Waals surface area (Å²) < 4.78 is 0. The molecule has 31 heavy (non-hydrogen) atoms. The number of nitrogens with one attached hydrogen (secondary N) is 2. The largest absolute Gasteiger partial charge is 0.357 e. The number of aliphatic imine (C=N–C) groups is 1. The van der Waals surface area contributed by atoms with E-state index in [9.17, 15) is 4.79 Å². The quantitative estimate of drug-likeness (QED) is 0.492. The Morgan fingerprint density at radius 1 is 1.00 bits per heavy atom. The van der Waals surface area contributed by atoms with Crippen LogP contribution in [0.25, 0.3) is 0 Å². The van der Waals surface area contributed by atoms with Crippen molar-refractivity contribution in [3.05, 3.63) is 35.4 Å². The molecule has 1 aromatic rings. The zero-order valence-corrected chi connectivity index (χ0v) is 19.5. The van der Waals surface area contributed by atoms with Crippen molar-refractivity contribution in [3.63, 3.8) is 0 Å². The van der Waals surface area contributed by atoms with E-state index >= 15 is 0 Å². The summed E-state index contributed by atoms with van der Waals surface area (Å²) in [6.07, 6.45) is 8.04. The van der Waals surface area contributed by atoms with Crippen molar-refractivity contribution in [2.45, 2.75) is 77.9 Å². The SMILES string of the molecule is CCNC(=NCc1ccc(CN2CCCCC2)cc1)NCCC(=O)N1CCCCC1C. The van der Waals surface area contributed by atoms with E-state index in [0.29, 0.717) is 25.6 Å². The van der Waals surface area contributed by atoms with E-state index in [1.165, 1.54) is 49.9 Å². The number of hydrogen-bond donors (Lipinski definition) is 2. The fourth-order valence-electron chi connectivity index (χ4n) is 4.54. The molecule has 2 saturated heterocycles. The van der Waals surface area contributed by atoms with Crippen LogP contribution in [-0.2, 0) is 17.9 Å². The van der Waals surface area contributed by atoms with Crippen molar-refractivity contribution in [3.8, 4) is 0 Å². The predicted molar refractivity (Wildman–Crippen MR) is 128 cm³/mol. The van der Waals surface area contributed by atoms with Gasteiger partial charge in [-0.15, -0.1) is 0 Å². The highest BCUT2D eigenvalue weighted by atomic mass is 16.2. The van der Waals surface area contributed by atoms with Crippen LogP contribution in [0, 0.1) is 0 Å². The van der Waals surface area contributed by atoms with Gasteiger partial charge in [-0.1, -0.05) is 30.7 Å². The summed E-state index contributed by atoms with van der Waals surface area (Å²) >= 11 is 0. The van der Waals surface area contributed by atoms with Crippen molar-refractivity contribution in [1.82, 2.24) is 20.4 Å². The molecule has 1 atom stereocenters. The first-order valence-electron chi connectivity index (χ1n) is 12.3. The molecule has 0 radical (unpaired) electrons. The molecule has 0 saturated carbocycles. The van der Waals surface area contributed by atoms with Crippen molar-refractivity contribution in [2.75, 3.05) is 32.7 Å². The van der Waals surface area contributed by atoms with E-state index < -0.39 is 0 Å². The fourth-order valence-corrected chi connectivity index (χ4v) is 4.54. The molecule has 0 bridgehead atoms. The molecule has 0 aliphatic carbocycles. The number of likely N-dealkylation sites (tertiary alicyclic amines) is 2. The molecule has 2 aliphatic rings. The zero-order chi connectivity index (χ0) is 21.9. The molecule has 2 aliphatic heterocycles. The number of guanidine groups is 1. The molecule has 1 unspecified atom stereocenters. The minimum Gasteiger partial charge on any atom is -0.357 e. The molecule has 1 aromatic carbocycles. The molecule has 2 heterocycles. The van der Waals surface area contributed by atoms with Crippen molar-refractivity contribution in [2.24, 2.45) is 4.99 Å². The summed E-state index contributed by atoms with van der Waals surface area (Å²) in [5.74, 6) is 1.03. The Morgan fingerprint density at radius 2 is 1.71 bits per heavy atom. The number of rotatable bonds is 8. The van der Waals surface area contributed by atoms with Crippen LogP contribution in [-0.4, -0.2) is 60.4 Å². The van der Waals surface area contributed by atoms with Gasteiger partial charge in [-0.2, -0.15) is 0 Å². The second-order valence-electron chi connectivity index (χ2n) is 8.96. The lowest BCUT2D eigenvalue weighted by Crippen LogP contribution is -2.44. The van der Waals surface area contributed by atoms with Gasteiger partial charge in [0.15, 0.2) is 5.96 Å². The smallest absolute Gasteiger partial charge is 0.224 e. The van der Waals surface area contributed by atoms with Gasteiger partial charge in [0.25, 0.3) is 0 Å². The number of benzene rings is 1. The monoisotopic (exact) mass is 427 g/mol. The van der Waals surface area contributed by atoms with E-state index in [1.807, 2.05) is 4.90 Å². The second-order valence-corrected chi connectivity index (χ2v) is 8.96. The van der Waals surface area contributed by atoms with E-state index in [-0.39, 0.29) is 5.91 Å². The standard InChI is InChI=1S/C25H41N5O/c1-3-26-25(27-15-14-24(31)30-18-8-5-9-21(30)2)28-19-22-10-12-23(13-11-22)20-29-16-6-4-7-17-29/h10-13,21H,3-9,14-20H2,1-2H3,(H2,26,27,28). The van der Waals surface area contributed by atoms with Crippen LogP contribution < -0.4 is 10.6 Å². The van der Waals surface area contributed by atoms with Gasteiger partial charge in [0.05, 0.1) is 6.54 Å². The normalized spacial score (nSPS) is 20.5. The van der Waals surface area contributed by atoms with Crippen LogP contribution in [0.5, 0.6) is 0 Å². The van der Waals surface area contributed by atoms with E-state index in [0.717, 1.165) is 38.4 Å².